The molecule has 78 valence electrons. The maximum atomic E-state index is 9.93. The second kappa shape index (κ2) is 5.20. The standard InChI is InChI=1S/C7H10.C6H10O/c1-3-7-4-6(2)5-7;1-5-2-6(3-5)4-7/h1,6-7H,4-5H2,2H3;4-6H,2-3H2,1H3. The summed E-state index contributed by atoms with van der Waals surface area (Å²) >= 11 is 0. The van der Waals surface area contributed by atoms with Gasteiger partial charge >= 0.3 is 0 Å². The Morgan fingerprint density at radius 3 is 1.79 bits per heavy atom. The van der Waals surface area contributed by atoms with Crippen LogP contribution in [0.25, 0.3) is 0 Å². The summed E-state index contributed by atoms with van der Waals surface area (Å²) in [7, 11) is 0. The average Bonchev–Trinajstić information content (AvgIpc) is 2.08. The maximum Gasteiger partial charge on any atom is 0.123 e. The molecule has 2 aliphatic rings. The Morgan fingerprint density at radius 1 is 1.14 bits per heavy atom. The van der Waals surface area contributed by atoms with E-state index >= 15 is 0 Å². The monoisotopic (exact) mass is 192 g/mol. The van der Waals surface area contributed by atoms with Gasteiger partial charge in [0, 0.05) is 11.8 Å². The zero-order valence-electron chi connectivity index (χ0n) is 9.20. The second-order valence-corrected chi connectivity index (χ2v) is 4.91. The Labute approximate surface area is 87.3 Å². The van der Waals surface area contributed by atoms with E-state index in [1.54, 1.807) is 0 Å². The number of hydrogen-bond donors (Lipinski definition) is 0. The molecule has 0 bridgehead atoms. The molecule has 0 spiro atoms. The van der Waals surface area contributed by atoms with Crippen molar-refractivity contribution < 1.29 is 4.79 Å². The number of carbonyl (C=O) groups is 1. The van der Waals surface area contributed by atoms with E-state index in [1.165, 1.54) is 12.8 Å². The van der Waals surface area contributed by atoms with Gasteiger partial charge in [0.1, 0.15) is 6.29 Å². The molecule has 1 heteroatoms. The van der Waals surface area contributed by atoms with Crippen molar-refractivity contribution in [1.82, 2.24) is 0 Å². The smallest absolute Gasteiger partial charge is 0.123 e. The highest BCUT2D eigenvalue weighted by Gasteiger charge is 2.23. The zero-order valence-corrected chi connectivity index (χ0v) is 9.20. The Hall–Kier alpha value is -0.770. The number of aldehydes is 1. The fourth-order valence-electron chi connectivity index (χ4n) is 2.11. The maximum absolute atomic E-state index is 9.93. The lowest BCUT2D eigenvalue weighted by atomic mass is 9.77. The van der Waals surface area contributed by atoms with Crippen LogP contribution in [-0.4, -0.2) is 6.29 Å². The molecule has 0 aromatic rings. The molecule has 2 rings (SSSR count). The van der Waals surface area contributed by atoms with E-state index in [9.17, 15) is 4.79 Å². The van der Waals surface area contributed by atoms with Crippen LogP contribution in [0.2, 0.25) is 0 Å². The van der Waals surface area contributed by atoms with Crippen molar-refractivity contribution in [2.24, 2.45) is 23.7 Å². The summed E-state index contributed by atoms with van der Waals surface area (Å²) in [5.41, 5.74) is 0. The molecule has 0 heterocycles. The van der Waals surface area contributed by atoms with Gasteiger partial charge < -0.3 is 4.79 Å². The van der Waals surface area contributed by atoms with Gasteiger partial charge in [0.05, 0.1) is 0 Å². The van der Waals surface area contributed by atoms with Gasteiger partial charge in [0.15, 0.2) is 0 Å². The number of rotatable bonds is 1. The van der Waals surface area contributed by atoms with Crippen molar-refractivity contribution >= 4 is 6.29 Å². The van der Waals surface area contributed by atoms with E-state index in [0.29, 0.717) is 11.8 Å². The quantitative estimate of drug-likeness (QED) is 0.461. The molecular weight excluding hydrogens is 172 g/mol. The van der Waals surface area contributed by atoms with Crippen molar-refractivity contribution in [1.29, 1.82) is 0 Å². The van der Waals surface area contributed by atoms with Crippen molar-refractivity contribution in [3.8, 4) is 12.3 Å². The second-order valence-electron chi connectivity index (χ2n) is 4.91. The SMILES string of the molecule is C#CC1CC(C)C1.CC1CC(C=O)C1. The van der Waals surface area contributed by atoms with E-state index < -0.39 is 0 Å². The Bertz CT molecular complexity index is 214. The van der Waals surface area contributed by atoms with Gasteiger partial charge in [-0.05, 0) is 37.5 Å². The summed E-state index contributed by atoms with van der Waals surface area (Å²) in [6.07, 6.45) is 11.0. The van der Waals surface area contributed by atoms with Crippen LogP contribution in [0.5, 0.6) is 0 Å². The summed E-state index contributed by atoms with van der Waals surface area (Å²) in [6.45, 7) is 4.42. The van der Waals surface area contributed by atoms with Crippen LogP contribution in [0.1, 0.15) is 39.5 Å². The van der Waals surface area contributed by atoms with Crippen molar-refractivity contribution in [2.75, 3.05) is 0 Å². The van der Waals surface area contributed by atoms with Gasteiger partial charge in [-0.3, -0.25) is 0 Å². The molecule has 1 nitrogen and oxygen atoms in total. The lowest BCUT2D eigenvalue weighted by Crippen LogP contribution is -2.21. The molecule has 2 saturated carbocycles. The minimum atomic E-state index is 0.412. The fraction of sp³-hybridized carbons (Fsp3) is 0.769. The fourth-order valence-corrected chi connectivity index (χ4v) is 2.11. The molecule has 0 radical (unpaired) electrons. The summed E-state index contributed by atoms with van der Waals surface area (Å²) < 4.78 is 0. The molecule has 0 aromatic carbocycles. The van der Waals surface area contributed by atoms with Gasteiger partial charge in [-0.1, -0.05) is 13.8 Å². The summed E-state index contributed by atoms with van der Waals surface area (Å²) in [6, 6.07) is 0. The van der Waals surface area contributed by atoms with Gasteiger partial charge in [-0.15, -0.1) is 12.3 Å². The van der Waals surface area contributed by atoms with E-state index in [-0.39, 0.29) is 0 Å². The van der Waals surface area contributed by atoms with Gasteiger partial charge in [-0.25, -0.2) is 0 Å². The van der Waals surface area contributed by atoms with Crippen LogP contribution < -0.4 is 0 Å². The Morgan fingerprint density at radius 2 is 1.64 bits per heavy atom. The molecule has 2 aliphatic carbocycles. The van der Waals surface area contributed by atoms with Crippen LogP contribution in [0.4, 0.5) is 0 Å². The Balaban J connectivity index is 0.000000140. The minimum Gasteiger partial charge on any atom is -0.303 e. The Kier molecular flexibility index (Phi) is 4.20. The first-order valence-corrected chi connectivity index (χ1v) is 5.57. The highest BCUT2D eigenvalue weighted by Crippen LogP contribution is 2.31. The summed E-state index contributed by atoms with van der Waals surface area (Å²) in [5.74, 6) is 5.48. The third kappa shape index (κ3) is 3.18. The van der Waals surface area contributed by atoms with Gasteiger partial charge in [-0.2, -0.15) is 0 Å². The third-order valence-corrected chi connectivity index (χ3v) is 3.21. The predicted octanol–water partition coefficient (Wildman–Crippen LogP) is 2.90. The largest absolute Gasteiger partial charge is 0.303 e. The summed E-state index contributed by atoms with van der Waals surface area (Å²) in [5, 5.41) is 0. The average molecular weight is 192 g/mol. The van der Waals surface area contributed by atoms with E-state index in [2.05, 4.69) is 19.8 Å². The lowest BCUT2D eigenvalue weighted by Gasteiger charge is -2.27. The van der Waals surface area contributed by atoms with Crippen LogP contribution in [-0.2, 0) is 4.79 Å². The molecular formula is C13H20O. The molecule has 0 N–H and O–H groups in total. The minimum absolute atomic E-state index is 0.412. The molecule has 0 atom stereocenters. The predicted molar refractivity (Wildman–Crippen MR) is 58.7 cm³/mol. The van der Waals surface area contributed by atoms with Crippen LogP contribution in [0.15, 0.2) is 0 Å². The zero-order chi connectivity index (χ0) is 10.6. The molecule has 0 aromatic heterocycles. The molecule has 0 amide bonds. The molecule has 14 heavy (non-hydrogen) atoms. The van der Waals surface area contributed by atoms with Crippen molar-refractivity contribution in [2.45, 2.75) is 39.5 Å². The van der Waals surface area contributed by atoms with Crippen molar-refractivity contribution in [3.05, 3.63) is 0 Å². The third-order valence-electron chi connectivity index (χ3n) is 3.21. The highest BCUT2D eigenvalue weighted by molar-refractivity contribution is 5.54. The topological polar surface area (TPSA) is 17.1 Å². The highest BCUT2D eigenvalue weighted by atomic mass is 16.1. The van der Waals surface area contributed by atoms with Crippen LogP contribution in [0.3, 0.4) is 0 Å². The van der Waals surface area contributed by atoms with Crippen LogP contribution in [0, 0.1) is 36.0 Å². The number of hydrogen-bond acceptors (Lipinski definition) is 1. The lowest BCUT2D eigenvalue weighted by molar-refractivity contribution is -0.114. The normalized spacial score (nSPS) is 39.2. The first kappa shape index (κ1) is 11.3. The molecule has 0 aliphatic heterocycles. The number of terminal acetylenes is 1. The molecule has 0 saturated heterocycles. The van der Waals surface area contributed by atoms with Crippen LogP contribution >= 0.6 is 0 Å². The van der Waals surface area contributed by atoms with Gasteiger partial charge in [0.25, 0.3) is 0 Å². The summed E-state index contributed by atoms with van der Waals surface area (Å²) in [4.78, 5) is 9.93. The molecule has 0 unspecified atom stereocenters. The van der Waals surface area contributed by atoms with Crippen molar-refractivity contribution in [3.63, 3.8) is 0 Å². The van der Waals surface area contributed by atoms with E-state index in [4.69, 9.17) is 6.42 Å². The van der Waals surface area contributed by atoms with E-state index in [1.807, 2.05) is 0 Å². The van der Waals surface area contributed by atoms with E-state index in [0.717, 1.165) is 31.0 Å². The first-order valence-electron chi connectivity index (χ1n) is 5.57. The first-order chi connectivity index (χ1) is 6.65. The number of carbonyl (C=O) groups excluding carboxylic acids is 1. The van der Waals surface area contributed by atoms with Gasteiger partial charge in [0.2, 0.25) is 0 Å². The molecule has 2 fully saturated rings.